The van der Waals surface area contributed by atoms with Gasteiger partial charge in [-0.1, -0.05) is 54.0 Å². The van der Waals surface area contributed by atoms with Crippen LogP contribution in [0.5, 0.6) is 5.75 Å². The zero-order chi connectivity index (χ0) is 24.6. The highest BCUT2D eigenvalue weighted by atomic mass is 79.9. The van der Waals surface area contributed by atoms with Crippen molar-refractivity contribution in [1.82, 2.24) is 5.43 Å². The van der Waals surface area contributed by atoms with Crippen LogP contribution in [0.1, 0.15) is 19.4 Å². The van der Waals surface area contributed by atoms with E-state index in [0.717, 1.165) is 15.6 Å². The molecule has 0 atom stereocenters. The normalized spacial score (nSPS) is 11.5. The molecule has 3 rings (SSSR count). The Balaban J connectivity index is 1.71. The molecule has 1 N–H and O–H groups in total. The number of nitrogens with one attached hydrogen (secondary N) is 1. The van der Waals surface area contributed by atoms with Gasteiger partial charge in [0.05, 0.1) is 23.4 Å². The Bertz CT molecular complexity index is 1230. The largest absolute Gasteiger partial charge is 0.493 e. The summed E-state index contributed by atoms with van der Waals surface area (Å²) in [5.41, 5.74) is 3.52. The van der Waals surface area contributed by atoms with Gasteiger partial charge in [-0.05, 0) is 66.1 Å². The Kier molecular flexibility index (Phi) is 8.84. The van der Waals surface area contributed by atoms with Crippen LogP contribution in [0.4, 0.5) is 5.69 Å². The summed E-state index contributed by atoms with van der Waals surface area (Å²) < 4.78 is 34.0. The number of benzene rings is 3. The van der Waals surface area contributed by atoms with Crippen LogP contribution in [0.25, 0.3) is 0 Å². The molecule has 0 heterocycles. The lowest BCUT2D eigenvalue weighted by Gasteiger charge is -2.23. The van der Waals surface area contributed by atoms with Crippen molar-refractivity contribution >= 4 is 43.8 Å². The Hall–Kier alpha value is -3.17. The molecule has 0 saturated heterocycles. The van der Waals surface area contributed by atoms with Crippen LogP contribution in [0, 0.1) is 5.92 Å². The smallest absolute Gasteiger partial charge is 0.264 e. The first-order valence-electron chi connectivity index (χ1n) is 10.6. The summed E-state index contributed by atoms with van der Waals surface area (Å²) >= 11 is 3.35. The fourth-order valence-corrected chi connectivity index (χ4v) is 4.74. The predicted octanol–water partition coefficient (Wildman–Crippen LogP) is 4.83. The van der Waals surface area contributed by atoms with Crippen LogP contribution in [-0.2, 0) is 14.8 Å². The van der Waals surface area contributed by atoms with E-state index in [1.165, 1.54) is 18.3 Å². The van der Waals surface area contributed by atoms with Crippen molar-refractivity contribution in [3.63, 3.8) is 0 Å². The van der Waals surface area contributed by atoms with Gasteiger partial charge in [0.1, 0.15) is 12.3 Å². The van der Waals surface area contributed by atoms with Gasteiger partial charge in [-0.2, -0.15) is 5.10 Å². The van der Waals surface area contributed by atoms with Crippen molar-refractivity contribution in [2.24, 2.45) is 11.0 Å². The van der Waals surface area contributed by atoms with Crippen LogP contribution in [0.15, 0.2) is 93.3 Å². The number of halogens is 1. The van der Waals surface area contributed by atoms with Crippen molar-refractivity contribution < 1.29 is 17.9 Å². The first-order chi connectivity index (χ1) is 16.3. The number of amides is 1. The maximum Gasteiger partial charge on any atom is 0.264 e. The molecule has 0 fully saturated rings. The van der Waals surface area contributed by atoms with E-state index in [9.17, 15) is 13.2 Å². The SMILES string of the molecule is CC(C)COc1ccc(/C=N\NC(=O)CN(c2cccc(Br)c2)S(=O)(=O)c2ccccc2)cc1. The number of hydrazone groups is 1. The molecule has 178 valence electrons. The molecular formula is C25H26BrN3O4S. The van der Waals surface area contributed by atoms with Gasteiger partial charge in [0.2, 0.25) is 0 Å². The molecule has 0 aromatic heterocycles. The predicted molar refractivity (Wildman–Crippen MR) is 138 cm³/mol. The van der Waals surface area contributed by atoms with Crippen molar-refractivity contribution in [3.05, 3.63) is 88.9 Å². The second kappa shape index (κ2) is 11.8. The molecule has 34 heavy (non-hydrogen) atoms. The van der Waals surface area contributed by atoms with E-state index in [-0.39, 0.29) is 4.90 Å². The molecule has 7 nitrogen and oxygen atoms in total. The van der Waals surface area contributed by atoms with Crippen molar-refractivity contribution in [2.75, 3.05) is 17.5 Å². The molecule has 0 aliphatic heterocycles. The van der Waals surface area contributed by atoms with Gasteiger partial charge in [0.15, 0.2) is 0 Å². The zero-order valence-electron chi connectivity index (χ0n) is 18.9. The third kappa shape index (κ3) is 7.16. The van der Waals surface area contributed by atoms with Crippen molar-refractivity contribution in [3.8, 4) is 5.75 Å². The lowest BCUT2D eigenvalue weighted by molar-refractivity contribution is -0.119. The number of rotatable bonds is 10. The second-order valence-electron chi connectivity index (χ2n) is 7.87. The van der Waals surface area contributed by atoms with Gasteiger partial charge in [-0.3, -0.25) is 9.10 Å². The highest BCUT2D eigenvalue weighted by molar-refractivity contribution is 9.10. The van der Waals surface area contributed by atoms with Gasteiger partial charge >= 0.3 is 0 Å². The standard InChI is InChI=1S/C25H26BrN3O4S/c1-19(2)18-33-23-13-11-20(12-14-23)16-27-28-25(30)17-29(22-8-6-7-21(26)15-22)34(31,32)24-9-4-3-5-10-24/h3-16,19H,17-18H2,1-2H3,(H,28,30)/b27-16-. The van der Waals surface area contributed by atoms with Gasteiger partial charge in [-0.25, -0.2) is 13.8 Å². The molecule has 0 spiro atoms. The molecule has 0 radical (unpaired) electrons. The minimum absolute atomic E-state index is 0.0889. The molecule has 3 aromatic rings. The minimum Gasteiger partial charge on any atom is -0.493 e. The lowest BCUT2D eigenvalue weighted by atomic mass is 10.2. The quantitative estimate of drug-likeness (QED) is 0.293. The summed E-state index contributed by atoms with van der Waals surface area (Å²) in [6.45, 7) is 4.34. The molecule has 1 amide bonds. The second-order valence-corrected chi connectivity index (χ2v) is 10.6. The highest BCUT2D eigenvalue weighted by Crippen LogP contribution is 2.26. The van der Waals surface area contributed by atoms with Crippen LogP contribution in [-0.4, -0.2) is 33.7 Å². The molecular weight excluding hydrogens is 518 g/mol. The minimum atomic E-state index is -3.97. The lowest BCUT2D eigenvalue weighted by Crippen LogP contribution is -2.39. The van der Waals surface area contributed by atoms with E-state index in [2.05, 4.69) is 40.3 Å². The number of carbonyl (C=O) groups is 1. The van der Waals surface area contributed by atoms with Crippen LogP contribution in [0.2, 0.25) is 0 Å². The third-order valence-corrected chi connectivity index (χ3v) is 6.86. The number of carbonyl (C=O) groups excluding carboxylic acids is 1. The Morgan fingerprint density at radius 2 is 1.76 bits per heavy atom. The Morgan fingerprint density at radius 1 is 1.06 bits per heavy atom. The average molecular weight is 544 g/mol. The monoisotopic (exact) mass is 543 g/mol. The summed E-state index contributed by atoms with van der Waals surface area (Å²) in [6, 6.07) is 22.0. The maximum absolute atomic E-state index is 13.3. The average Bonchev–Trinajstić information content (AvgIpc) is 2.82. The highest BCUT2D eigenvalue weighted by Gasteiger charge is 2.27. The van der Waals surface area contributed by atoms with Crippen molar-refractivity contribution in [2.45, 2.75) is 18.7 Å². The van der Waals surface area contributed by atoms with Crippen LogP contribution >= 0.6 is 15.9 Å². The summed E-state index contributed by atoms with van der Waals surface area (Å²) in [7, 11) is -3.97. The zero-order valence-corrected chi connectivity index (χ0v) is 21.3. The number of hydrogen-bond acceptors (Lipinski definition) is 5. The maximum atomic E-state index is 13.3. The van der Waals surface area contributed by atoms with E-state index in [1.54, 1.807) is 42.5 Å². The molecule has 0 bridgehead atoms. The summed E-state index contributed by atoms with van der Waals surface area (Å²) in [5, 5.41) is 3.97. The van der Waals surface area contributed by atoms with E-state index in [0.29, 0.717) is 22.7 Å². The molecule has 0 aliphatic rings. The topological polar surface area (TPSA) is 88.1 Å². The number of sulfonamides is 1. The Morgan fingerprint density at radius 3 is 2.41 bits per heavy atom. The Labute approximate surface area is 208 Å². The molecule has 0 saturated carbocycles. The number of hydrogen-bond donors (Lipinski definition) is 1. The van der Waals surface area contributed by atoms with Crippen LogP contribution < -0.4 is 14.5 Å². The van der Waals surface area contributed by atoms with Gasteiger partial charge < -0.3 is 4.74 Å². The van der Waals surface area contributed by atoms with E-state index < -0.39 is 22.5 Å². The van der Waals surface area contributed by atoms with Gasteiger partial charge in [0, 0.05) is 4.47 Å². The summed E-state index contributed by atoms with van der Waals surface area (Å²) in [5.74, 6) is 0.608. The number of ether oxygens (including phenoxy) is 1. The summed E-state index contributed by atoms with van der Waals surface area (Å²) in [6.07, 6.45) is 1.49. The molecule has 0 aliphatic carbocycles. The van der Waals surface area contributed by atoms with Crippen LogP contribution in [0.3, 0.4) is 0 Å². The van der Waals surface area contributed by atoms with E-state index >= 15 is 0 Å². The van der Waals surface area contributed by atoms with Gasteiger partial charge in [-0.15, -0.1) is 0 Å². The molecule has 3 aromatic carbocycles. The summed E-state index contributed by atoms with van der Waals surface area (Å²) in [4.78, 5) is 12.7. The van der Waals surface area contributed by atoms with E-state index in [1.807, 2.05) is 24.3 Å². The molecule has 0 unspecified atom stereocenters. The first kappa shape index (κ1) is 25.5. The fourth-order valence-electron chi connectivity index (χ4n) is 2.92. The first-order valence-corrected chi connectivity index (χ1v) is 12.9. The van der Waals surface area contributed by atoms with Crippen molar-refractivity contribution in [1.29, 1.82) is 0 Å². The van der Waals surface area contributed by atoms with Gasteiger partial charge in [0.25, 0.3) is 15.9 Å². The number of anilines is 1. The van der Waals surface area contributed by atoms with E-state index in [4.69, 9.17) is 4.74 Å². The fraction of sp³-hybridized carbons (Fsp3) is 0.200. The number of nitrogens with zero attached hydrogens (tertiary/aromatic N) is 2. The third-order valence-electron chi connectivity index (χ3n) is 4.58. The molecule has 9 heteroatoms.